The van der Waals surface area contributed by atoms with Crippen LogP contribution < -0.4 is 15.5 Å². The molecule has 0 bridgehead atoms. The molecule has 2 heterocycles. The normalized spacial score (nSPS) is 15.6. The number of hydrogen-bond acceptors (Lipinski definition) is 4. The van der Waals surface area contributed by atoms with Gasteiger partial charge < -0.3 is 20.3 Å². The van der Waals surface area contributed by atoms with Crippen LogP contribution in [0, 0.1) is 5.92 Å². The molecule has 1 aliphatic heterocycles. The minimum Gasteiger partial charge on any atom is -0.385 e. The summed E-state index contributed by atoms with van der Waals surface area (Å²) >= 11 is 5.26. The van der Waals surface area contributed by atoms with E-state index in [1.165, 1.54) is 12.8 Å². The van der Waals surface area contributed by atoms with Crippen LogP contribution in [0.3, 0.4) is 0 Å². The number of anilines is 2. The van der Waals surface area contributed by atoms with Crippen molar-refractivity contribution in [3.8, 4) is 0 Å². The average Bonchev–Trinajstić information content (AvgIpc) is 2.53. The molecule has 2 N–H and O–H groups in total. The van der Waals surface area contributed by atoms with Gasteiger partial charge in [-0.05, 0) is 49.5 Å². The number of methoxy groups -OCH3 is 1. The van der Waals surface area contributed by atoms with E-state index in [1.807, 2.05) is 12.3 Å². The first kappa shape index (κ1) is 17.0. The molecule has 0 aromatic carbocycles. The third-order valence-electron chi connectivity index (χ3n) is 3.92. The van der Waals surface area contributed by atoms with E-state index < -0.39 is 0 Å². The van der Waals surface area contributed by atoms with E-state index in [0.717, 1.165) is 50.1 Å². The lowest BCUT2D eigenvalue weighted by Crippen LogP contribution is -2.33. The molecule has 0 radical (unpaired) electrons. The van der Waals surface area contributed by atoms with Crippen molar-refractivity contribution >= 4 is 28.8 Å². The van der Waals surface area contributed by atoms with Gasteiger partial charge in [-0.15, -0.1) is 0 Å². The summed E-state index contributed by atoms with van der Waals surface area (Å²) in [6.45, 7) is 6.05. The highest BCUT2D eigenvalue weighted by Gasteiger charge is 2.16. The molecule has 0 atom stereocenters. The molecule has 5 nitrogen and oxygen atoms in total. The van der Waals surface area contributed by atoms with Gasteiger partial charge in [0, 0.05) is 33.4 Å². The molecule has 6 heteroatoms. The Balaban J connectivity index is 1.78. The molecule has 1 saturated heterocycles. The van der Waals surface area contributed by atoms with Gasteiger partial charge >= 0.3 is 0 Å². The van der Waals surface area contributed by atoms with Gasteiger partial charge in [0.05, 0.1) is 11.9 Å². The van der Waals surface area contributed by atoms with Gasteiger partial charge in [-0.25, -0.2) is 4.98 Å². The third-order valence-corrected chi connectivity index (χ3v) is 4.17. The van der Waals surface area contributed by atoms with Gasteiger partial charge in [-0.1, -0.05) is 6.92 Å². The van der Waals surface area contributed by atoms with Crippen LogP contribution in [-0.4, -0.2) is 43.4 Å². The summed E-state index contributed by atoms with van der Waals surface area (Å²) in [4.78, 5) is 6.90. The molecular weight excluding hydrogens is 296 g/mol. The highest BCUT2D eigenvalue weighted by Crippen LogP contribution is 2.22. The number of nitrogens with zero attached hydrogens (tertiary/aromatic N) is 2. The van der Waals surface area contributed by atoms with E-state index in [9.17, 15) is 0 Å². The summed E-state index contributed by atoms with van der Waals surface area (Å²) in [5.74, 6) is 1.88. The monoisotopic (exact) mass is 322 g/mol. The Labute approximate surface area is 138 Å². The quantitative estimate of drug-likeness (QED) is 0.620. The lowest BCUT2D eigenvalue weighted by molar-refractivity contribution is 0.196. The molecule has 0 saturated carbocycles. The first-order valence-corrected chi connectivity index (χ1v) is 8.34. The standard InChI is InChI=1S/C16H26N4OS/c1-13-6-9-20(10-7-13)15-5-4-14(12-18-15)19-16(22)17-8-3-11-21-2/h4-5,12-13H,3,6-11H2,1-2H3,(H2,17,19,22). The van der Waals surface area contributed by atoms with Crippen molar-refractivity contribution in [3.05, 3.63) is 18.3 Å². The van der Waals surface area contributed by atoms with Crippen molar-refractivity contribution in [1.29, 1.82) is 0 Å². The SMILES string of the molecule is COCCCNC(=S)Nc1ccc(N2CCC(C)CC2)nc1. The van der Waals surface area contributed by atoms with E-state index in [2.05, 4.69) is 33.5 Å². The summed E-state index contributed by atoms with van der Waals surface area (Å²) in [6.07, 6.45) is 5.27. The first-order chi connectivity index (χ1) is 10.7. The third kappa shape index (κ3) is 5.42. The fourth-order valence-electron chi connectivity index (χ4n) is 2.48. The Bertz CT molecular complexity index is 458. The maximum Gasteiger partial charge on any atom is 0.170 e. The van der Waals surface area contributed by atoms with Gasteiger partial charge in [0.1, 0.15) is 5.82 Å². The number of pyridine rings is 1. The molecule has 1 aliphatic rings. The lowest BCUT2D eigenvalue weighted by Gasteiger charge is -2.31. The Hall–Kier alpha value is -1.40. The average molecular weight is 322 g/mol. The predicted octanol–water partition coefficient (Wildman–Crippen LogP) is 2.64. The van der Waals surface area contributed by atoms with Crippen LogP contribution in [0.5, 0.6) is 0 Å². The Morgan fingerprint density at radius 3 is 2.82 bits per heavy atom. The summed E-state index contributed by atoms with van der Waals surface area (Å²) < 4.78 is 5.00. The zero-order valence-corrected chi connectivity index (χ0v) is 14.3. The molecule has 2 rings (SSSR count). The van der Waals surface area contributed by atoms with E-state index in [-0.39, 0.29) is 0 Å². The molecule has 22 heavy (non-hydrogen) atoms. The second-order valence-corrected chi connectivity index (χ2v) is 6.21. The van der Waals surface area contributed by atoms with Crippen LogP contribution in [0.4, 0.5) is 11.5 Å². The fraction of sp³-hybridized carbons (Fsp3) is 0.625. The zero-order valence-electron chi connectivity index (χ0n) is 13.5. The van der Waals surface area contributed by atoms with Crippen LogP contribution in [0.15, 0.2) is 18.3 Å². The number of hydrogen-bond donors (Lipinski definition) is 2. The smallest absolute Gasteiger partial charge is 0.170 e. The molecular formula is C16H26N4OS. The second-order valence-electron chi connectivity index (χ2n) is 5.80. The van der Waals surface area contributed by atoms with Crippen molar-refractivity contribution in [2.75, 3.05) is 43.6 Å². The molecule has 0 unspecified atom stereocenters. The van der Waals surface area contributed by atoms with Gasteiger partial charge in [-0.2, -0.15) is 0 Å². The Morgan fingerprint density at radius 2 is 2.18 bits per heavy atom. The van der Waals surface area contributed by atoms with Gasteiger partial charge in [0.2, 0.25) is 0 Å². The summed E-state index contributed by atoms with van der Waals surface area (Å²) in [5, 5.41) is 6.93. The summed E-state index contributed by atoms with van der Waals surface area (Å²) in [7, 11) is 1.70. The molecule has 0 spiro atoms. The van der Waals surface area contributed by atoms with Gasteiger partial charge in [-0.3, -0.25) is 0 Å². The molecule has 1 aromatic rings. The largest absolute Gasteiger partial charge is 0.385 e. The Morgan fingerprint density at radius 1 is 1.41 bits per heavy atom. The number of rotatable bonds is 6. The maximum absolute atomic E-state index is 5.26. The van der Waals surface area contributed by atoms with E-state index in [4.69, 9.17) is 17.0 Å². The summed E-state index contributed by atoms with van der Waals surface area (Å²) in [6, 6.07) is 4.09. The molecule has 0 amide bonds. The van der Waals surface area contributed by atoms with Crippen LogP contribution >= 0.6 is 12.2 Å². The first-order valence-electron chi connectivity index (χ1n) is 7.94. The minimum absolute atomic E-state index is 0.623. The van der Waals surface area contributed by atoms with Crippen molar-refractivity contribution in [3.63, 3.8) is 0 Å². The number of thiocarbonyl (C=S) groups is 1. The molecule has 1 aromatic heterocycles. The van der Waals surface area contributed by atoms with Crippen molar-refractivity contribution < 1.29 is 4.74 Å². The van der Waals surface area contributed by atoms with Crippen LogP contribution in [0.25, 0.3) is 0 Å². The fourth-order valence-corrected chi connectivity index (χ4v) is 2.70. The second kappa shape index (κ2) is 8.90. The van der Waals surface area contributed by atoms with E-state index >= 15 is 0 Å². The van der Waals surface area contributed by atoms with E-state index in [0.29, 0.717) is 5.11 Å². The number of piperidine rings is 1. The molecule has 1 fully saturated rings. The minimum atomic E-state index is 0.623. The number of aromatic nitrogens is 1. The van der Waals surface area contributed by atoms with Crippen LogP contribution in [0.2, 0.25) is 0 Å². The predicted molar refractivity (Wildman–Crippen MR) is 95.6 cm³/mol. The van der Waals surface area contributed by atoms with Crippen molar-refractivity contribution in [2.45, 2.75) is 26.2 Å². The van der Waals surface area contributed by atoms with Gasteiger partial charge in [0.15, 0.2) is 5.11 Å². The highest BCUT2D eigenvalue weighted by molar-refractivity contribution is 7.80. The zero-order chi connectivity index (χ0) is 15.8. The van der Waals surface area contributed by atoms with Crippen molar-refractivity contribution in [1.82, 2.24) is 10.3 Å². The Kier molecular flexibility index (Phi) is 6.86. The van der Waals surface area contributed by atoms with Gasteiger partial charge in [0.25, 0.3) is 0 Å². The molecule has 122 valence electrons. The van der Waals surface area contributed by atoms with Crippen LogP contribution in [-0.2, 0) is 4.74 Å². The topological polar surface area (TPSA) is 49.4 Å². The summed E-state index contributed by atoms with van der Waals surface area (Å²) in [5.41, 5.74) is 0.915. The molecule has 0 aliphatic carbocycles. The van der Waals surface area contributed by atoms with Crippen LogP contribution in [0.1, 0.15) is 26.2 Å². The number of nitrogens with one attached hydrogen (secondary N) is 2. The number of ether oxygens (including phenoxy) is 1. The van der Waals surface area contributed by atoms with E-state index in [1.54, 1.807) is 7.11 Å². The van der Waals surface area contributed by atoms with Crippen molar-refractivity contribution in [2.24, 2.45) is 5.92 Å². The lowest BCUT2D eigenvalue weighted by atomic mass is 9.99. The maximum atomic E-state index is 5.26. The highest BCUT2D eigenvalue weighted by atomic mass is 32.1.